The Bertz CT molecular complexity index is 397. The van der Waals surface area contributed by atoms with E-state index < -0.39 is 0 Å². The standard InChI is InChI=1S/C16H28N2O2S/c1-16(2,3)15(14-5-4-10-21-14)17-11-13(19)12-18-6-8-20-9-7-18/h4-5,10,13,15,17,19H,6-9,11-12H2,1-3H3. The minimum Gasteiger partial charge on any atom is -0.390 e. The van der Waals surface area contributed by atoms with Crippen molar-refractivity contribution in [3.05, 3.63) is 22.4 Å². The Balaban J connectivity index is 1.83. The molecule has 2 N–H and O–H groups in total. The predicted octanol–water partition coefficient (Wildman–Crippen LogP) is 2.12. The lowest BCUT2D eigenvalue weighted by Gasteiger charge is -2.33. The van der Waals surface area contributed by atoms with Crippen LogP contribution in [0, 0.1) is 5.41 Å². The molecule has 0 spiro atoms. The lowest BCUT2D eigenvalue weighted by molar-refractivity contribution is 0.0137. The Kier molecular flexibility index (Phi) is 6.20. The van der Waals surface area contributed by atoms with Gasteiger partial charge in [0.2, 0.25) is 0 Å². The molecule has 1 fully saturated rings. The summed E-state index contributed by atoms with van der Waals surface area (Å²) in [5, 5.41) is 15.9. The SMILES string of the molecule is CC(C)(C)C(NCC(O)CN1CCOCC1)c1cccs1. The minimum atomic E-state index is -0.340. The van der Waals surface area contributed by atoms with Gasteiger partial charge in [-0.25, -0.2) is 0 Å². The number of β-amino-alcohol motifs (C(OH)–C–C–N with tert-alkyl or cyclic N) is 1. The molecule has 0 bridgehead atoms. The maximum absolute atomic E-state index is 10.3. The van der Waals surface area contributed by atoms with Crippen molar-refractivity contribution >= 4 is 11.3 Å². The van der Waals surface area contributed by atoms with Crippen molar-refractivity contribution in [2.75, 3.05) is 39.4 Å². The molecule has 4 nitrogen and oxygen atoms in total. The smallest absolute Gasteiger partial charge is 0.0791 e. The van der Waals surface area contributed by atoms with Crippen LogP contribution in [-0.4, -0.2) is 55.5 Å². The molecule has 1 aromatic heterocycles. The average Bonchev–Trinajstić information content (AvgIpc) is 2.92. The van der Waals surface area contributed by atoms with Crippen LogP contribution in [0.15, 0.2) is 17.5 Å². The van der Waals surface area contributed by atoms with Gasteiger partial charge in [0, 0.05) is 37.1 Å². The number of morpholine rings is 1. The van der Waals surface area contributed by atoms with Crippen LogP contribution in [-0.2, 0) is 4.74 Å². The summed E-state index contributed by atoms with van der Waals surface area (Å²) in [6.07, 6.45) is -0.340. The summed E-state index contributed by atoms with van der Waals surface area (Å²) < 4.78 is 5.34. The molecule has 0 aliphatic carbocycles. The van der Waals surface area contributed by atoms with Gasteiger partial charge in [-0.3, -0.25) is 4.90 Å². The van der Waals surface area contributed by atoms with Crippen molar-refractivity contribution in [1.82, 2.24) is 10.2 Å². The molecule has 120 valence electrons. The highest BCUT2D eigenvalue weighted by molar-refractivity contribution is 7.10. The first kappa shape index (κ1) is 16.9. The van der Waals surface area contributed by atoms with Gasteiger partial charge in [-0.05, 0) is 16.9 Å². The van der Waals surface area contributed by atoms with E-state index in [-0.39, 0.29) is 17.6 Å². The zero-order valence-electron chi connectivity index (χ0n) is 13.3. The van der Waals surface area contributed by atoms with Gasteiger partial charge in [-0.2, -0.15) is 0 Å². The molecule has 5 heteroatoms. The molecule has 0 amide bonds. The van der Waals surface area contributed by atoms with Gasteiger partial charge in [-0.1, -0.05) is 26.8 Å². The van der Waals surface area contributed by atoms with Gasteiger partial charge in [0.1, 0.15) is 0 Å². The van der Waals surface area contributed by atoms with Gasteiger partial charge >= 0.3 is 0 Å². The molecule has 0 saturated carbocycles. The van der Waals surface area contributed by atoms with Gasteiger partial charge in [0.05, 0.1) is 19.3 Å². The zero-order chi connectivity index (χ0) is 15.3. The molecule has 2 unspecified atom stereocenters. The molecule has 2 atom stereocenters. The molecule has 1 aliphatic heterocycles. The molecular weight excluding hydrogens is 284 g/mol. The second-order valence-electron chi connectivity index (χ2n) is 6.79. The Hall–Kier alpha value is -0.460. The van der Waals surface area contributed by atoms with Crippen LogP contribution in [0.5, 0.6) is 0 Å². The normalized spacial score (nSPS) is 20.4. The maximum Gasteiger partial charge on any atom is 0.0791 e. The fourth-order valence-electron chi connectivity index (χ4n) is 2.69. The number of thiophene rings is 1. The number of hydrogen-bond donors (Lipinski definition) is 2. The van der Waals surface area contributed by atoms with E-state index in [0.717, 1.165) is 32.8 Å². The Morgan fingerprint density at radius 3 is 2.67 bits per heavy atom. The number of rotatable bonds is 6. The molecule has 21 heavy (non-hydrogen) atoms. The summed E-state index contributed by atoms with van der Waals surface area (Å²) in [7, 11) is 0. The Morgan fingerprint density at radius 1 is 1.38 bits per heavy atom. The van der Waals surface area contributed by atoms with Crippen LogP contribution in [0.2, 0.25) is 0 Å². The summed E-state index contributed by atoms with van der Waals surface area (Å²) in [5.41, 5.74) is 0.129. The van der Waals surface area contributed by atoms with Crippen LogP contribution < -0.4 is 5.32 Å². The molecule has 2 rings (SSSR count). The molecule has 0 aromatic carbocycles. The molecule has 2 heterocycles. The number of ether oxygens (including phenoxy) is 1. The van der Waals surface area contributed by atoms with Crippen molar-refractivity contribution in [3.8, 4) is 0 Å². The van der Waals surface area contributed by atoms with Crippen molar-refractivity contribution < 1.29 is 9.84 Å². The van der Waals surface area contributed by atoms with E-state index in [9.17, 15) is 5.11 Å². The van der Waals surface area contributed by atoms with Gasteiger partial charge in [-0.15, -0.1) is 11.3 Å². The lowest BCUT2D eigenvalue weighted by Crippen LogP contribution is -2.45. The van der Waals surface area contributed by atoms with Crippen LogP contribution in [0.1, 0.15) is 31.7 Å². The van der Waals surface area contributed by atoms with Gasteiger partial charge in [0.15, 0.2) is 0 Å². The number of hydrogen-bond acceptors (Lipinski definition) is 5. The minimum absolute atomic E-state index is 0.129. The van der Waals surface area contributed by atoms with E-state index in [0.29, 0.717) is 6.54 Å². The highest BCUT2D eigenvalue weighted by Crippen LogP contribution is 2.34. The third-order valence-corrected chi connectivity index (χ3v) is 4.76. The first-order valence-corrected chi connectivity index (χ1v) is 8.60. The number of aliphatic hydroxyl groups excluding tert-OH is 1. The molecular formula is C16H28N2O2S. The third kappa shape index (κ3) is 5.34. The van der Waals surface area contributed by atoms with E-state index in [1.54, 1.807) is 11.3 Å². The lowest BCUT2D eigenvalue weighted by atomic mass is 9.85. The average molecular weight is 312 g/mol. The van der Waals surface area contributed by atoms with E-state index in [1.807, 2.05) is 0 Å². The fraction of sp³-hybridized carbons (Fsp3) is 0.750. The van der Waals surface area contributed by atoms with Crippen molar-refractivity contribution in [1.29, 1.82) is 0 Å². The highest BCUT2D eigenvalue weighted by atomic mass is 32.1. The Morgan fingerprint density at radius 2 is 2.10 bits per heavy atom. The summed E-state index contributed by atoms with van der Waals surface area (Å²) in [4.78, 5) is 3.61. The van der Waals surface area contributed by atoms with E-state index in [4.69, 9.17) is 4.74 Å². The topological polar surface area (TPSA) is 44.7 Å². The summed E-state index contributed by atoms with van der Waals surface area (Å²) >= 11 is 1.77. The Labute approximate surface area is 132 Å². The first-order valence-electron chi connectivity index (χ1n) is 7.72. The van der Waals surface area contributed by atoms with Crippen LogP contribution in [0.3, 0.4) is 0 Å². The van der Waals surface area contributed by atoms with E-state index >= 15 is 0 Å². The summed E-state index contributed by atoms with van der Waals surface area (Å²) in [6.45, 7) is 11.4. The quantitative estimate of drug-likeness (QED) is 0.844. The maximum atomic E-state index is 10.3. The fourth-order valence-corrected chi connectivity index (χ4v) is 3.73. The number of nitrogens with one attached hydrogen (secondary N) is 1. The first-order chi connectivity index (χ1) is 9.97. The molecule has 1 saturated heterocycles. The molecule has 1 aliphatic rings. The third-order valence-electron chi connectivity index (χ3n) is 3.82. The van der Waals surface area contributed by atoms with Crippen LogP contribution in [0.25, 0.3) is 0 Å². The highest BCUT2D eigenvalue weighted by Gasteiger charge is 2.27. The zero-order valence-corrected chi connectivity index (χ0v) is 14.2. The second-order valence-corrected chi connectivity index (χ2v) is 7.77. The monoisotopic (exact) mass is 312 g/mol. The van der Waals surface area contributed by atoms with Crippen molar-refractivity contribution in [3.63, 3.8) is 0 Å². The number of aliphatic hydroxyl groups is 1. The van der Waals surface area contributed by atoms with Gasteiger partial charge < -0.3 is 15.2 Å². The van der Waals surface area contributed by atoms with Crippen molar-refractivity contribution in [2.45, 2.75) is 32.9 Å². The van der Waals surface area contributed by atoms with Crippen LogP contribution >= 0.6 is 11.3 Å². The van der Waals surface area contributed by atoms with Crippen LogP contribution in [0.4, 0.5) is 0 Å². The summed E-state index contributed by atoms with van der Waals surface area (Å²) in [6, 6.07) is 4.53. The largest absolute Gasteiger partial charge is 0.390 e. The van der Waals surface area contributed by atoms with Crippen molar-refractivity contribution in [2.24, 2.45) is 5.41 Å². The van der Waals surface area contributed by atoms with E-state index in [2.05, 4.69) is 48.5 Å². The molecule has 1 aromatic rings. The molecule has 0 radical (unpaired) electrons. The summed E-state index contributed by atoms with van der Waals surface area (Å²) in [5.74, 6) is 0. The number of nitrogens with zero attached hydrogens (tertiary/aromatic N) is 1. The predicted molar refractivity (Wildman–Crippen MR) is 87.8 cm³/mol. The van der Waals surface area contributed by atoms with E-state index in [1.165, 1.54) is 4.88 Å². The van der Waals surface area contributed by atoms with Gasteiger partial charge in [0.25, 0.3) is 0 Å². The second kappa shape index (κ2) is 7.70.